The number of amides is 1. The molecule has 11 heteroatoms. The number of carbonyl (C=O) groups is 2. The van der Waals surface area contributed by atoms with Crippen LogP contribution in [-0.2, 0) is 30.8 Å². The Labute approximate surface area is 170 Å². The molecule has 0 aliphatic heterocycles. The maximum Gasteiger partial charge on any atom is 0.312 e. The molecule has 0 aliphatic rings. The lowest BCUT2D eigenvalue weighted by atomic mass is 10.3. The normalized spacial score (nSPS) is 11.1. The molecule has 150 valence electrons. The summed E-state index contributed by atoms with van der Waals surface area (Å²) in [6, 6.07) is 10.8. The maximum absolute atomic E-state index is 11.9. The van der Waals surface area contributed by atoms with E-state index in [0.717, 1.165) is 0 Å². The average molecular weight is 432 g/mol. The third-order valence-corrected chi connectivity index (χ3v) is 5.43. The van der Waals surface area contributed by atoms with Gasteiger partial charge in [0, 0.05) is 17.3 Å². The van der Waals surface area contributed by atoms with E-state index < -0.39 is 28.5 Å². The summed E-state index contributed by atoms with van der Waals surface area (Å²) in [5.74, 6) is -1.16. The first-order valence-corrected chi connectivity index (χ1v) is 10.7. The third kappa shape index (κ3) is 5.91. The molecule has 0 saturated heterocycles. The Morgan fingerprint density at radius 3 is 2.55 bits per heavy atom. The van der Waals surface area contributed by atoms with Gasteiger partial charge >= 0.3 is 5.97 Å². The highest BCUT2D eigenvalue weighted by atomic mass is 32.2. The molecule has 3 aromatic rings. The zero-order valence-corrected chi connectivity index (χ0v) is 16.6. The molecule has 3 rings (SSSR count). The fourth-order valence-corrected chi connectivity index (χ4v) is 3.58. The van der Waals surface area contributed by atoms with E-state index in [1.807, 2.05) is 12.1 Å². The largest absolute Gasteiger partial charge is 0.455 e. The zero-order valence-electron chi connectivity index (χ0n) is 14.9. The molecule has 0 aliphatic carbocycles. The van der Waals surface area contributed by atoms with Crippen molar-refractivity contribution in [2.75, 3.05) is 11.9 Å². The molecule has 0 radical (unpaired) electrons. The van der Waals surface area contributed by atoms with Crippen molar-refractivity contribution in [1.29, 1.82) is 0 Å². The molecule has 29 heavy (non-hydrogen) atoms. The predicted molar refractivity (Wildman–Crippen MR) is 106 cm³/mol. The Kier molecular flexibility index (Phi) is 6.32. The van der Waals surface area contributed by atoms with Crippen molar-refractivity contribution in [3.8, 4) is 10.7 Å². The lowest BCUT2D eigenvalue weighted by Crippen LogP contribution is -2.21. The number of nitrogens with zero attached hydrogens (tertiary/aromatic N) is 2. The van der Waals surface area contributed by atoms with Gasteiger partial charge in [-0.1, -0.05) is 6.07 Å². The number of nitrogens with one attached hydrogen (secondary N) is 1. The molecule has 3 N–H and O–H groups in total. The number of primary sulfonamides is 1. The van der Waals surface area contributed by atoms with Gasteiger partial charge in [0.15, 0.2) is 6.61 Å². The van der Waals surface area contributed by atoms with Gasteiger partial charge < -0.3 is 10.1 Å². The summed E-state index contributed by atoms with van der Waals surface area (Å²) in [5, 5.41) is 9.92. The highest BCUT2D eigenvalue weighted by Crippen LogP contribution is 2.21. The molecular formula is C18H16N4O5S2. The van der Waals surface area contributed by atoms with Crippen molar-refractivity contribution in [2.45, 2.75) is 11.3 Å². The van der Waals surface area contributed by atoms with Gasteiger partial charge in [-0.3, -0.25) is 14.6 Å². The maximum atomic E-state index is 11.9. The second kappa shape index (κ2) is 8.90. The number of nitrogens with two attached hydrogens (primary N) is 1. The van der Waals surface area contributed by atoms with E-state index in [-0.39, 0.29) is 11.3 Å². The highest BCUT2D eigenvalue weighted by Gasteiger charge is 2.13. The Hall–Kier alpha value is -3.15. The smallest absolute Gasteiger partial charge is 0.312 e. The quantitative estimate of drug-likeness (QED) is 0.540. The Bertz CT molecular complexity index is 1110. The molecule has 0 atom stereocenters. The van der Waals surface area contributed by atoms with Crippen LogP contribution in [0, 0.1) is 0 Å². The number of ether oxygens (including phenoxy) is 1. The van der Waals surface area contributed by atoms with Gasteiger partial charge in [0.25, 0.3) is 5.91 Å². The van der Waals surface area contributed by atoms with Crippen molar-refractivity contribution < 1.29 is 22.7 Å². The molecular weight excluding hydrogens is 416 g/mol. The Morgan fingerprint density at radius 2 is 1.90 bits per heavy atom. The van der Waals surface area contributed by atoms with Crippen molar-refractivity contribution in [1.82, 2.24) is 9.97 Å². The number of esters is 1. The second-order valence-corrected chi connectivity index (χ2v) is 8.23. The number of hydrogen-bond acceptors (Lipinski definition) is 8. The standard InChI is InChI=1S/C18H16N4O5S2/c19-29(25,26)14-6-4-12(5-7-14)21-16(23)10-27-17(24)9-13-11-28-18(22-13)15-3-1-2-8-20-15/h1-8,11H,9-10H2,(H,21,23)(H2,19,25,26). The van der Waals surface area contributed by atoms with Crippen LogP contribution >= 0.6 is 11.3 Å². The van der Waals surface area contributed by atoms with Crippen molar-refractivity contribution in [3.63, 3.8) is 0 Å². The summed E-state index contributed by atoms with van der Waals surface area (Å²) in [4.78, 5) is 32.3. The number of pyridine rings is 1. The zero-order chi connectivity index (χ0) is 20.9. The minimum atomic E-state index is -3.81. The molecule has 2 heterocycles. The number of hydrogen-bond donors (Lipinski definition) is 2. The van der Waals surface area contributed by atoms with Crippen LogP contribution < -0.4 is 10.5 Å². The van der Waals surface area contributed by atoms with Crippen LogP contribution in [0.25, 0.3) is 10.7 Å². The number of aromatic nitrogens is 2. The van der Waals surface area contributed by atoms with E-state index in [1.165, 1.54) is 35.6 Å². The summed E-state index contributed by atoms with van der Waals surface area (Å²) in [7, 11) is -3.81. The van der Waals surface area contributed by atoms with Crippen molar-refractivity contribution in [3.05, 3.63) is 59.7 Å². The topological polar surface area (TPSA) is 141 Å². The van der Waals surface area contributed by atoms with E-state index in [1.54, 1.807) is 17.6 Å². The SMILES string of the molecule is NS(=O)(=O)c1ccc(NC(=O)COC(=O)Cc2csc(-c3ccccn3)n2)cc1. The van der Waals surface area contributed by atoms with Gasteiger partial charge in [0.2, 0.25) is 10.0 Å². The summed E-state index contributed by atoms with van der Waals surface area (Å²) >= 11 is 1.36. The summed E-state index contributed by atoms with van der Waals surface area (Å²) in [6.07, 6.45) is 1.59. The third-order valence-electron chi connectivity index (χ3n) is 3.59. The molecule has 1 amide bonds. The summed E-state index contributed by atoms with van der Waals surface area (Å²) < 4.78 is 27.4. The fourth-order valence-electron chi connectivity index (χ4n) is 2.27. The van der Waals surface area contributed by atoms with Crippen molar-refractivity contribution >= 4 is 38.9 Å². The summed E-state index contributed by atoms with van der Waals surface area (Å²) in [5.41, 5.74) is 1.59. The minimum Gasteiger partial charge on any atom is -0.455 e. The molecule has 9 nitrogen and oxygen atoms in total. The van der Waals surface area contributed by atoms with Gasteiger partial charge in [0.05, 0.1) is 22.7 Å². The molecule has 0 fully saturated rings. The van der Waals surface area contributed by atoms with Gasteiger partial charge in [-0.05, 0) is 36.4 Å². The number of sulfonamides is 1. The first-order chi connectivity index (χ1) is 13.8. The number of carbonyl (C=O) groups excluding carboxylic acids is 2. The first-order valence-electron chi connectivity index (χ1n) is 8.25. The molecule has 2 aromatic heterocycles. The number of anilines is 1. The van der Waals surface area contributed by atoms with Crippen LogP contribution in [0.4, 0.5) is 5.69 Å². The minimum absolute atomic E-state index is 0.0698. The number of rotatable bonds is 7. The average Bonchev–Trinajstić information content (AvgIpc) is 3.15. The summed E-state index contributed by atoms with van der Waals surface area (Å²) in [6.45, 7) is -0.479. The Balaban J connectivity index is 1.48. The van der Waals surface area contributed by atoms with Crippen LogP contribution in [0.2, 0.25) is 0 Å². The molecule has 0 bridgehead atoms. The van der Waals surface area contributed by atoms with E-state index >= 15 is 0 Å². The van der Waals surface area contributed by atoms with Gasteiger partial charge in [-0.15, -0.1) is 11.3 Å². The second-order valence-electron chi connectivity index (χ2n) is 5.81. The number of thiazole rings is 1. The van der Waals surface area contributed by atoms with E-state index in [4.69, 9.17) is 9.88 Å². The lowest BCUT2D eigenvalue weighted by molar-refractivity contribution is -0.146. The van der Waals surface area contributed by atoms with Crippen LogP contribution in [0.5, 0.6) is 0 Å². The lowest BCUT2D eigenvalue weighted by Gasteiger charge is -2.07. The molecule has 0 saturated carbocycles. The van der Waals surface area contributed by atoms with Crippen molar-refractivity contribution in [2.24, 2.45) is 5.14 Å². The van der Waals surface area contributed by atoms with Gasteiger partial charge in [0.1, 0.15) is 5.01 Å². The fraction of sp³-hybridized carbons (Fsp3) is 0.111. The number of benzene rings is 1. The monoisotopic (exact) mass is 432 g/mol. The molecule has 0 spiro atoms. The van der Waals surface area contributed by atoms with Gasteiger partial charge in [-0.25, -0.2) is 18.5 Å². The van der Waals surface area contributed by atoms with Crippen LogP contribution in [0.1, 0.15) is 5.69 Å². The molecule has 0 unspecified atom stereocenters. The van der Waals surface area contributed by atoms with Gasteiger partial charge in [-0.2, -0.15) is 0 Å². The highest BCUT2D eigenvalue weighted by molar-refractivity contribution is 7.89. The van der Waals surface area contributed by atoms with E-state index in [0.29, 0.717) is 22.1 Å². The van der Waals surface area contributed by atoms with E-state index in [9.17, 15) is 18.0 Å². The van der Waals surface area contributed by atoms with Crippen LogP contribution in [0.3, 0.4) is 0 Å². The molecule has 1 aromatic carbocycles. The van der Waals surface area contributed by atoms with Crippen LogP contribution in [0.15, 0.2) is 58.9 Å². The first kappa shape index (κ1) is 20.6. The predicted octanol–water partition coefficient (Wildman–Crippen LogP) is 1.58. The van der Waals surface area contributed by atoms with Crippen LogP contribution in [-0.4, -0.2) is 36.9 Å². The van der Waals surface area contributed by atoms with E-state index in [2.05, 4.69) is 15.3 Å². The Morgan fingerprint density at radius 1 is 1.14 bits per heavy atom.